The van der Waals surface area contributed by atoms with Crippen LogP contribution in [-0.2, 0) is 9.59 Å². The van der Waals surface area contributed by atoms with Crippen LogP contribution in [0.2, 0.25) is 0 Å². The van der Waals surface area contributed by atoms with Crippen LogP contribution in [0.5, 0.6) is 0 Å². The topological polar surface area (TPSA) is 58.2 Å². The van der Waals surface area contributed by atoms with Crippen LogP contribution in [0.4, 0.5) is 11.4 Å². The second-order valence-electron chi connectivity index (χ2n) is 7.96. The van der Waals surface area contributed by atoms with Crippen molar-refractivity contribution in [2.45, 2.75) is 72.1 Å². The van der Waals surface area contributed by atoms with Gasteiger partial charge in [-0.3, -0.25) is 9.59 Å². The lowest BCUT2D eigenvalue weighted by atomic mass is 10.1. The highest BCUT2D eigenvalue weighted by Gasteiger charge is 2.04. The second-order valence-corrected chi connectivity index (χ2v) is 7.96. The Kier molecular flexibility index (Phi) is 9.42. The fourth-order valence-corrected chi connectivity index (χ4v) is 3.41. The molecule has 0 aromatic heterocycles. The Morgan fingerprint density at radius 3 is 1.55 bits per heavy atom. The number of rotatable bonds is 11. The van der Waals surface area contributed by atoms with Gasteiger partial charge in [0.25, 0.3) is 0 Å². The number of aryl methyl sites for hydroxylation is 3. The van der Waals surface area contributed by atoms with Gasteiger partial charge in [-0.2, -0.15) is 0 Å². The van der Waals surface area contributed by atoms with E-state index in [1.807, 2.05) is 57.2 Å². The lowest BCUT2D eigenvalue weighted by molar-refractivity contribution is -0.117. The molecule has 2 aromatic rings. The first-order chi connectivity index (χ1) is 13.9. The summed E-state index contributed by atoms with van der Waals surface area (Å²) >= 11 is 0. The quantitative estimate of drug-likeness (QED) is 0.439. The van der Waals surface area contributed by atoms with Crippen molar-refractivity contribution >= 4 is 23.2 Å². The normalized spacial score (nSPS) is 10.6. The van der Waals surface area contributed by atoms with E-state index in [1.54, 1.807) is 0 Å². The highest BCUT2D eigenvalue weighted by molar-refractivity contribution is 5.91. The second kappa shape index (κ2) is 12.1. The molecule has 0 aliphatic heterocycles. The van der Waals surface area contributed by atoms with Crippen LogP contribution in [-0.4, -0.2) is 11.8 Å². The molecule has 0 aliphatic rings. The van der Waals surface area contributed by atoms with Crippen molar-refractivity contribution in [1.82, 2.24) is 0 Å². The van der Waals surface area contributed by atoms with E-state index in [0.29, 0.717) is 12.8 Å². The smallest absolute Gasteiger partial charge is 0.224 e. The minimum atomic E-state index is 0.0805. The maximum atomic E-state index is 12.1. The average molecular weight is 395 g/mol. The van der Waals surface area contributed by atoms with Crippen molar-refractivity contribution in [2.75, 3.05) is 10.6 Å². The summed E-state index contributed by atoms with van der Waals surface area (Å²) in [7, 11) is 0. The van der Waals surface area contributed by atoms with E-state index < -0.39 is 0 Å². The fraction of sp³-hybridized carbons (Fsp3) is 0.440. The van der Waals surface area contributed by atoms with Gasteiger partial charge in [0.2, 0.25) is 11.8 Å². The molecule has 0 fully saturated rings. The fourth-order valence-electron chi connectivity index (χ4n) is 3.41. The summed E-state index contributed by atoms with van der Waals surface area (Å²) in [6.07, 6.45) is 7.26. The van der Waals surface area contributed by atoms with Gasteiger partial charge in [-0.15, -0.1) is 0 Å². The van der Waals surface area contributed by atoms with Gasteiger partial charge in [-0.1, -0.05) is 49.4 Å². The number of hydrogen-bond donors (Lipinski definition) is 2. The number of unbranched alkanes of at least 4 members (excludes halogenated alkanes) is 5. The van der Waals surface area contributed by atoms with E-state index in [2.05, 4.69) is 16.7 Å². The molecule has 2 rings (SSSR count). The lowest BCUT2D eigenvalue weighted by Crippen LogP contribution is -2.11. The Bertz CT molecular complexity index is 777. The van der Waals surface area contributed by atoms with Crippen LogP contribution >= 0.6 is 0 Å². The van der Waals surface area contributed by atoms with Crippen molar-refractivity contribution in [1.29, 1.82) is 0 Å². The van der Waals surface area contributed by atoms with E-state index in [-0.39, 0.29) is 11.8 Å². The Morgan fingerprint density at radius 1 is 0.586 bits per heavy atom. The van der Waals surface area contributed by atoms with Crippen LogP contribution < -0.4 is 10.6 Å². The minimum Gasteiger partial charge on any atom is -0.326 e. The molecule has 0 radical (unpaired) electrons. The predicted molar refractivity (Wildman–Crippen MR) is 121 cm³/mol. The molecule has 0 bridgehead atoms. The van der Waals surface area contributed by atoms with Crippen molar-refractivity contribution in [3.63, 3.8) is 0 Å². The highest BCUT2D eigenvalue weighted by Crippen LogP contribution is 2.15. The van der Waals surface area contributed by atoms with Gasteiger partial charge in [0.05, 0.1) is 0 Å². The molecule has 2 aromatic carbocycles. The third-order valence-corrected chi connectivity index (χ3v) is 4.90. The van der Waals surface area contributed by atoms with Crippen molar-refractivity contribution < 1.29 is 9.59 Å². The standard InChI is InChI=1S/C25H34N2O2/c1-19-12-14-22(15-13-19)26-24(28)10-8-6-4-5-7-9-11-25(29)27-23-17-20(2)16-21(3)18-23/h12-18H,4-11H2,1-3H3,(H,26,28)(H,27,29). The molecule has 0 unspecified atom stereocenters. The van der Waals surface area contributed by atoms with E-state index in [9.17, 15) is 9.59 Å². The third-order valence-electron chi connectivity index (χ3n) is 4.90. The largest absolute Gasteiger partial charge is 0.326 e. The number of hydrogen-bond acceptors (Lipinski definition) is 2. The maximum Gasteiger partial charge on any atom is 0.224 e. The molecular weight excluding hydrogens is 360 g/mol. The molecule has 0 atom stereocenters. The van der Waals surface area contributed by atoms with Crippen LogP contribution in [0.25, 0.3) is 0 Å². The molecule has 4 nitrogen and oxygen atoms in total. The molecule has 0 saturated heterocycles. The first kappa shape index (κ1) is 22.7. The van der Waals surface area contributed by atoms with E-state index in [0.717, 1.165) is 61.0 Å². The molecule has 4 heteroatoms. The Hall–Kier alpha value is -2.62. The Balaban J connectivity index is 1.48. The monoisotopic (exact) mass is 394 g/mol. The predicted octanol–water partition coefficient (Wildman–Crippen LogP) is 6.31. The summed E-state index contributed by atoms with van der Waals surface area (Å²) in [4.78, 5) is 24.0. The number of nitrogens with one attached hydrogen (secondary N) is 2. The molecule has 0 spiro atoms. The molecular formula is C25H34N2O2. The number of carbonyl (C=O) groups excluding carboxylic acids is 2. The molecule has 29 heavy (non-hydrogen) atoms. The van der Waals surface area contributed by atoms with Gasteiger partial charge in [-0.25, -0.2) is 0 Å². The number of amides is 2. The highest BCUT2D eigenvalue weighted by atomic mass is 16.2. The Morgan fingerprint density at radius 2 is 1.03 bits per heavy atom. The number of anilines is 2. The summed E-state index contributed by atoms with van der Waals surface area (Å²) < 4.78 is 0. The molecule has 2 N–H and O–H groups in total. The zero-order valence-electron chi connectivity index (χ0n) is 18.0. The van der Waals surface area contributed by atoms with Gasteiger partial charge < -0.3 is 10.6 Å². The summed E-state index contributed by atoms with van der Waals surface area (Å²) in [5.74, 6) is 0.166. The molecule has 0 saturated carbocycles. The summed E-state index contributed by atoms with van der Waals surface area (Å²) in [6.45, 7) is 6.10. The molecule has 0 heterocycles. The van der Waals surface area contributed by atoms with Crippen LogP contribution in [0.15, 0.2) is 42.5 Å². The van der Waals surface area contributed by atoms with Crippen LogP contribution in [0, 0.1) is 20.8 Å². The third kappa shape index (κ3) is 9.42. The van der Waals surface area contributed by atoms with Gasteiger partial charge >= 0.3 is 0 Å². The van der Waals surface area contributed by atoms with E-state index >= 15 is 0 Å². The van der Waals surface area contributed by atoms with Gasteiger partial charge in [-0.05, 0) is 69.0 Å². The number of carbonyl (C=O) groups is 2. The summed E-state index contributed by atoms with van der Waals surface area (Å²) in [5, 5.41) is 5.92. The van der Waals surface area contributed by atoms with E-state index in [4.69, 9.17) is 0 Å². The molecule has 156 valence electrons. The van der Waals surface area contributed by atoms with Crippen molar-refractivity contribution in [3.05, 3.63) is 59.2 Å². The van der Waals surface area contributed by atoms with Crippen molar-refractivity contribution in [2.24, 2.45) is 0 Å². The first-order valence-electron chi connectivity index (χ1n) is 10.7. The zero-order valence-corrected chi connectivity index (χ0v) is 18.0. The summed E-state index contributed by atoms with van der Waals surface area (Å²) in [6, 6.07) is 14.0. The molecule has 2 amide bonds. The maximum absolute atomic E-state index is 12.1. The first-order valence-corrected chi connectivity index (χ1v) is 10.7. The van der Waals surface area contributed by atoms with Crippen LogP contribution in [0.3, 0.4) is 0 Å². The number of benzene rings is 2. The van der Waals surface area contributed by atoms with Crippen LogP contribution in [0.1, 0.15) is 68.1 Å². The Labute approximate surface area is 175 Å². The average Bonchev–Trinajstić information content (AvgIpc) is 2.65. The van der Waals surface area contributed by atoms with Gasteiger partial charge in [0.1, 0.15) is 0 Å². The van der Waals surface area contributed by atoms with Crippen molar-refractivity contribution in [3.8, 4) is 0 Å². The zero-order chi connectivity index (χ0) is 21.1. The van der Waals surface area contributed by atoms with Gasteiger partial charge in [0.15, 0.2) is 0 Å². The lowest BCUT2D eigenvalue weighted by Gasteiger charge is -2.08. The SMILES string of the molecule is Cc1ccc(NC(=O)CCCCCCCCC(=O)Nc2cc(C)cc(C)c2)cc1. The summed E-state index contributed by atoms with van der Waals surface area (Å²) in [5.41, 5.74) is 5.25. The molecule has 0 aliphatic carbocycles. The minimum absolute atomic E-state index is 0.0805. The van der Waals surface area contributed by atoms with E-state index in [1.165, 1.54) is 5.56 Å². The van der Waals surface area contributed by atoms with Gasteiger partial charge in [0, 0.05) is 24.2 Å².